The maximum Gasteiger partial charge on any atom is 0.573 e. The van der Waals surface area contributed by atoms with E-state index in [2.05, 4.69) is 4.74 Å². The maximum atomic E-state index is 12.4. The van der Waals surface area contributed by atoms with Gasteiger partial charge in [-0.05, 0) is 28.7 Å². The zero-order valence-electron chi connectivity index (χ0n) is 13.0. The summed E-state index contributed by atoms with van der Waals surface area (Å²) in [5, 5.41) is 9.34. The Balaban J connectivity index is 2.37. The second kappa shape index (κ2) is 5.79. The maximum absolute atomic E-state index is 12.4. The molecule has 2 rings (SSSR count). The lowest BCUT2D eigenvalue weighted by Gasteiger charge is -2.35. The van der Waals surface area contributed by atoms with E-state index in [1.165, 1.54) is 23.1 Å². The molecule has 0 aliphatic carbocycles. The van der Waals surface area contributed by atoms with Gasteiger partial charge in [-0.25, -0.2) is 4.79 Å². The lowest BCUT2D eigenvalue weighted by atomic mass is 9.80. The number of alkyl halides is 3. The molecule has 0 bridgehead atoms. The zero-order chi connectivity index (χ0) is 17.4. The Morgan fingerprint density at radius 3 is 2.48 bits per heavy atom. The average Bonchev–Trinajstić information content (AvgIpc) is 2.81. The van der Waals surface area contributed by atoms with E-state index >= 15 is 0 Å². The van der Waals surface area contributed by atoms with Gasteiger partial charge in [-0.15, -0.1) is 13.2 Å². The van der Waals surface area contributed by atoms with E-state index in [0.29, 0.717) is 11.1 Å². The number of carbonyl (C=O) groups is 1. The lowest BCUT2D eigenvalue weighted by Crippen LogP contribution is -2.44. The van der Waals surface area contributed by atoms with Crippen LogP contribution in [-0.2, 0) is 0 Å². The van der Waals surface area contributed by atoms with Crippen molar-refractivity contribution in [2.45, 2.75) is 33.2 Å². The molecular weight excluding hydrogens is 311 g/mol. The first-order valence-corrected chi connectivity index (χ1v) is 7.05. The molecule has 1 unspecified atom stereocenters. The molecule has 4 nitrogen and oxygen atoms in total. The highest BCUT2D eigenvalue weighted by Crippen LogP contribution is 2.40. The van der Waals surface area contributed by atoms with Crippen LogP contribution in [-0.4, -0.2) is 35.0 Å². The SMILES string of the molecule is CC(C)(C)C1C(c2cccc(OC(F)(F)F)c2)=CCN1C(=O)O. The van der Waals surface area contributed by atoms with Crippen LogP contribution in [0.1, 0.15) is 26.3 Å². The number of benzene rings is 1. The molecule has 126 valence electrons. The van der Waals surface area contributed by atoms with Gasteiger partial charge in [-0.2, -0.15) is 0 Å². The van der Waals surface area contributed by atoms with Gasteiger partial charge in [-0.1, -0.05) is 39.0 Å². The first kappa shape index (κ1) is 17.2. The lowest BCUT2D eigenvalue weighted by molar-refractivity contribution is -0.274. The van der Waals surface area contributed by atoms with Gasteiger partial charge in [0, 0.05) is 6.54 Å². The van der Waals surface area contributed by atoms with Crippen molar-refractivity contribution in [2.24, 2.45) is 5.41 Å². The normalized spacial score (nSPS) is 18.8. The molecule has 7 heteroatoms. The minimum atomic E-state index is -4.76. The molecule has 1 aliphatic rings. The van der Waals surface area contributed by atoms with E-state index in [0.717, 1.165) is 0 Å². The Morgan fingerprint density at radius 2 is 1.96 bits per heavy atom. The number of amides is 1. The van der Waals surface area contributed by atoms with Crippen LogP contribution in [0.5, 0.6) is 5.75 Å². The minimum Gasteiger partial charge on any atom is -0.465 e. The Bertz CT molecular complexity index is 632. The number of ether oxygens (including phenoxy) is 1. The van der Waals surface area contributed by atoms with Gasteiger partial charge in [0.05, 0.1) is 6.04 Å². The van der Waals surface area contributed by atoms with E-state index < -0.39 is 23.9 Å². The molecule has 0 radical (unpaired) electrons. The predicted octanol–water partition coefficient (Wildman–Crippen LogP) is 4.38. The van der Waals surface area contributed by atoms with Crippen molar-refractivity contribution < 1.29 is 27.8 Å². The van der Waals surface area contributed by atoms with Crippen LogP contribution in [0.15, 0.2) is 30.3 Å². The summed E-state index contributed by atoms with van der Waals surface area (Å²) in [6, 6.07) is 5.16. The topological polar surface area (TPSA) is 49.8 Å². The van der Waals surface area contributed by atoms with Crippen LogP contribution in [0.2, 0.25) is 0 Å². The Hall–Kier alpha value is -2.18. The fourth-order valence-electron chi connectivity index (χ4n) is 2.85. The monoisotopic (exact) mass is 329 g/mol. The van der Waals surface area contributed by atoms with Crippen LogP contribution in [0, 0.1) is 5.41 Å². The summed E-state index contributed by atoms with van der Waals surface area (Å²) in [6.45, 7) is 5.88. The van der Waals surface area contributed by atoms with Gasteiger partial charge < -0.3 is 9.84 Å². The first-order valence-electron chi connectivity index (χ1n) is 7.05. The van der Waals surface area contributed by atoms with Crippen molar-refractivity contribution >= 4 is 11.7 Å². The number of nitrogens with zero attached hydrogens (tertiary/aromatic N) is 1. The molecule has 1 aromatic rings. The molecule has 0 saturated carbocycles. The molecule has 0 saturated heterocycles. The van der Waals surface area contributed by atoms with Crippen molar-refractivity contribution in [3.05, 3.63) is 35.9 Å². The van der Waals surface area contributed by atoms with E-state index in [4.69, 9.17) is 0 Å². The molecule has 1 aromatic carbocycles. The molecule has 0 spiro atoms. The van der Waals surface area contributed by atoms with Crippen molar-refractivity contribution in [3.8, 4) is 5.75 Å². The van der Waals surface area contributed by atoms with Crippen LogP contribution in [0.25, 0.3) is 5.57 Å². The van der Waals surface area contributed by atoms with Crippen LogP contribution < -0.4 is 4.74 Å². The van der Waals surface area contributed by atoms with Gasteiger partial charge in [0.2, 0.25) is 0 Å². The molecular formula is C16H18F3NO3. The Kier molecular flexibility index (Phi) is 4.32. The summed E-state index contributed by atoms with van der Waals surface area (Å²) in [6.07, 6.45) is -4.09. The molecule has 1 amide bonds. The number of hydrogen-bond acceptors (Lipinski definition) is 2. The Labute approximate surface area is 132 Å². The highest BCUT2D eigenvalue weighted by Gasteiger charge is 2.40. The van der Waals surface area contributed by atoms with Crippen LogP contribution in [0.4, 0.5) is 18.0 Å². The average molecular weight is 329 g/mol. The third-order valence-electron chi connectivity index (χ3n) is 3.58. The molecule has 1 N–H and O–H groups in total. The fourth-order valence-corrected chi connectivity index (χ4v) is 2.85. The van der Waals surface area contributed by atoms with Gasteiger partial charge in [0.15, 0.2) is 0 Å². The third kappa shape index (κ3) is 3.97. The van der Waals surface area contributed by atoms with E-state index in [1.807, 2.05) is 20.8 Å². The minimum absolute atomic E-state index is 0.205. The second-order valence-electron chi connectivity index (χ2n) is 6.44. The summed E-state index contributed by atoms with van der Waals surface area (Å²) in [7, 11) is 0. The predicted molar refractivity (Wildman–Crippen MR) is 79.1 cm³/mol. The highest BCUT2D eigenvalue weighted by molar-refractivity contribution is 5.79. The Morgan fingerprint density at radius 1 is 1.30 bits per heavy atom. The third-order valence-corrected chi connectivity index (χ3v) is 3.58. The quantitative estimate of drug-likeness (QED) is 0.876. The van der Waals surface area contributed by atoms with Gasteiger partial charge in [0.1, 0.15) is 5.75 Å². The zero-order valence-corrected chi connectivity index (χ0v) is 13.0. The number of halogens is 3. The standard InChI is InChI=1S/C16H18F3NO3/c1-15(2,3)13-12(7-8-20(13)14(21)22)10-5-4-6-11(9-10)23-16(17,18)19/h4-7,9,13H,8H2,1-3H3,(H,21,22). The number of rotatable bonds is 2. The van der Waals surface area contributed by atoms with Crippen molar-refractivity contribution in [3.63, 3.8) is 0 Å². The van der Waals surface area contributed by atoms with Crippen LogP contribution in [0.3, 0.4) is 0 Å². The van der Waals surface area contributed by atoms with Gasteiger partial charge in [0.25, 0.3) is 0 Å². The summed E-state index contributed by atoms with van der Waals surface area (Å²) in [5.41, 5.74) is 0.810. The molecule has 0 aromatic heterocycles. The van der Waals surface area contributed by atoms with E-state index in [-0.39, 0.29) is 12.3 Å². The number of carboxylic acid groups (broad SMARTS) is 1. The molecule has 0 fully saturated rings. The smallest absolute Gasteiger partial charge is 0.465 e. The summed E-state index contributed by atoms with van der Waals surface area (Å²) >= 11 is 0. The molecule has 1 heterocycles. The van der Waals surface area contributed by atoms with Crippen LogP contribution >= 0.6 is 0 Å². The second-order valence-corrected chi connectivity index (χ2v) is 6.44. The van der Waals surface area contributed by atoms with Gasteiger partial charge >= 0.3 is 12.5 Å². The summed E-state index contributed by atoms with van der Waals surface area (Å²) in [4.78, 5) is 12.7. The largest absolute Gasteiger partial charge is 0.573 e. The first-order chi connectivity index (χ1) is 10.5. The molecule has 23 heavy (non-hydrogen) atoms. The van der Waals surface area contributed by atoms with Crippen molar-refractivity contribution in [1.82, 2.24) is 4.90 Å². The van der Waals surface area contributed by atoms with Gasteiger partial charge in [-0.3, -0.25) is 4.90 Å². The number of hydrogen-bond donors (Lipinski definition) is 1. The van der Waals surface area contributed by atoms with E-state index in [9.17, 15) is 23.1 Å². The van der Waals surface area contributed by atoms with E-state index in [1.54, 1.807) is 12.1 Å². The highest BCUT2D eigenvalue weighted by atomic mass is 19.4. The summed E-state index contributed by atoms with van der Waals surface area (Å²) in [5.74, 6) is -0.322. The molecule has 1 atom stereocenters. The van der Waals surface area contributed by atoms with Crippen molar-refractivity contribution in [2.75, 3.05) is 6.54 Å². The fraction of sp³-hybridized carbons (Fsp3) is 0.438. The molecule has 1 aliphatic heterocycles. The summed E-state index contributed by atoms with van der Waals surface area (Å²) < 4.78 is 41.0. The van der Waals surface area contributed by atoms with Crippen molar-refractivity contribution in [1.29, 1.82) is 0 Å².